The number of nitro groups is 1. The molecule has 1 unspecified atom stereocenters. The number of halogens is 1. The van der Waals surface area contributed by atoms with E-state index in [4.69, 9.17) is 21.1 Å². The van der Waals surface area contributed by atoms with Crippen molar-refractivity contribution < 1.29 is 14.4 Å². The maximum absolute atomic E-state index is 11.8. The Bertz CT molecular complexity index is 1250. The molecule has 31 heavy (non-hydrogen) atoms. The fourth-order valence-electron chi connectivity index (χ4n) is 4.17. The summed E-state index contributed by atoms with van der Waals surface area (Å²) in [5, 5.41) is 22.7. The molecule has 2 aliphatic rings. The summed E-state index contributed by atoms with van der Waals surface area (Å²) in [5.74, 6) is 0.154. The Morgan fingerprint density at radius 2 is 2.23 bits per heavy atom. The normalized spacial score (nSPS) is 17.5. The van der Waals surface area contributed by atoms with Gasteiger partial charge in [0.1, 0.15) is 12.2 Å². The first-order valence-corrected chi connectivity index (χ1v) is 10.2. The molecule has 1 saturated heterocycles. The van der Waals surface area contributed by atoms with Crippen molar-refractivity contribution in [2.45, 2.75) is 18.9 Å². The van der Waals surface area contributed by atoms with Gasteiger partial charge in [-0.3, -0.25) is 15.1 Å². The average Bonchev–Trinajstić information content (AvgIpc) is 3.41. The SMILES string of the molecule is N#Cc1cnc2cc(OC3CCOC3)c([N+](=O)[O-])cc2c1N1CCc2ccc(Cl)cc21. The zero-order valence-electron chi connectivity index (χ0n) is 16.4. The number of rotatable bonds is 4. The van der Waals surface area contributed by atoms with Gasteiger partial charge < -0.3 is 14.4 Å². The summed E-state index contributed by atoms with van der Waals surface area (Å²) in [6.07, 6.45) is 2.72. The number of nitriles is 1. The van der Waals surface area contributed by atoms with Gasteiger partial charge in [0.2, 0.25) is 0 Å². The molecule has 8 nitrogen and oxygen atoms in total. The lowest BCUT2D eigenvalue weighted by molar-refractivity contribution is -0.385. The van der Waals surface area contributed by atoms with Crippen molar-refractivity contribution in [1.82, 2.24) is 4.98 Å². The first-order valence-electron chi connectivity index (χ1n) is 9.87. The van der Waals surface area contributed by atoms with Gasteiger partial charge in [-0.2, -0.15) is 5.26 Å². The van der Waals surface area contributed by atoms with Crippen LogP contribution < -0.4 is 9.64 Å². The van der Waals surface area contributed by atoms with Crippen LogP contribution >= 0.6 is 11.6 Å². The molecule has 3 heterocycles. The number of fused-ring (bicyclic) bond motifs is 2. The second-order valence-corrected chi connectivity index (χ2v) is 7.94. The minimum Gasteiger partial charge on any atom is -0.481 e. The molecule has 0 saturated carbocycles. The van der Waals surface area contributed by atoms with Crippen molar-refractivity contribution >= 4 is 39.6 Å². The van der Waals surface area contributed by atoms with Crippen molar-refractivity contribution in [3.8, 4) is 11.8 Å². The van der Waals surface area contributed by atoms with Crippen molar-refractivity contribution in [3.05, 3.63) is 62.8 Å². The number of benzene rings is 2. The Labute approximate surface area is 182 Å². The zero-order chi connectivity index (χ0) is 21.5. The molecule has 1 atom stereocenters. The molecule has 0 spiro atoms. The highest BCUT2D eigenvalue weighted by Gasteiger charge is 2.29. The fraction of sp³-hybridized carbons (Fsp3) is 0.273. The van der Waals surface area contributed by atoms with Gasteiger partial charge in [-0.05, 0) is 24.1 Å². The summed E-state index contributed by atoms with van der Waals surface area (Å²) < 4.78 is 11.2. The van der Waals surface area contributed by atoms with Gasteiger partial charge in [-0.25, -0.2) is 0 Å². The molecule has 2 aromatic carbocycles. The topological polar surface area (TPSA) is 102 Å². The number of hydrogen-bond donors (Lipinski definition) is 0. The Morgan fingerprint density at radius 3 is 2.97 bits per heavy atom. The van der Waals surface area contributed by atoms with Crippen LogP contribution in [0.3, 0.4) is 0 Å². The van der Waals surface area contributed by atoms with E-state index in [1.54, 1.807) is 6.07 Å². The molecule has 0 bridgehead atoms. The zero-order valence-corrected chi connectivity index (χ0v) is 17.1. The lowest BCUT2D eigenvalue weighted by atomic mass is 10.1. The van der Waals surface area contributed by atoms with E-state index in [9.17, 15) is 15.4 Å². The van der Waals surface area contributed by atoms with Gasteiger partial charge in [0.25, 0.3) is 0 Å². The average molecular weight is 437 g/mol. The Hall–Kier alpha value is -3.41. The number of aromatic nitrogens is 1. The van der Waals surface area contributed by atoms with Crippen LogP contribution in [0, 0.1) is 21.4 Å². The maximum atomic E-state index is 11.8. The van der Waals surface area contributed by atoms with E-state index < -0.39 is 4.92 Å². The molecule has 9 heteroatoms. The predicted octanol–water partition coefficient (Wildman–Crippen LogP) is 4.53. The molecular formula is C22H17ClN4O4. The van der Waals surface area contributed by atoms with Crippen molar-refractivity contribution in [1.29, 1.82) is 5.26 Å². The minimum absolute atomic E-state index is 0.154. The molecule has 1 aromatic heterocycles. The second-order valence-electron chi connectivity index (χ2n) is 7.50. The largest absolute Gasteiger partial charge is 0.481 e. The van der Waals surface area contributed by atoms with E-state index in [-0.39, 0.29) is 17.5 Å². The van der Waals surface area contributed by atoms with Crippen molar-refractivity contribution in [3.63, 3.8) is 0 Å². The number of anilines is 2. The maximum Gasteiger partial charge on any atom is 0.311 e. The van der Waals surface area contributed by atoms with Gasteiger partial charge in [0, 0.05) is 47.4 Å². The van der Waals surface area contributed by atoms with E-state index in [1.807, 2.05) is 23.1 Å². The van der Waals surface area contributed by atoms with Gasteiger partial charge in [0.05, 0.1) is 34.9 Å². The Kier molecular flexibility index (Phi) is 4.85. The molecule has 3 aromatic rings. The van der Waals surface area contributed by atoms with Crippen LogP contribution in [0.25, 0.3) is 10.9 Å². The van der Waals surface area contributed by atoms with Crippen LogP contribution in [0.1, 0.15) is 17.5 Å². The number of hydrogen-bond acceptors (Lipinski definition) is 7. The van der Waals surface area contributed by atoms with Crippen LogP contribution in [0.2, 0.25) is 5.02 Å². The highest BCUT2D eigenvalue weighted by molar-refractivity contribution is 6.31. The quantitative estimate of drug-likeness (QED) is 0.437. The lowest BCUT2D eigenvalue weighted by Crippen LogP contribution is -2.17. The van der Waals surface area contributed by atoms with E-state index in [2.05, 4.69) is 11.1 Å². The third kappa shape index (κ3) is 3.42. The van der Waals surface area contributed by atoms with Crippen LogP contribution in [0.15, 0.2) is 36.5 Å². The summed E-state index contributed by atoms with van der Waals surface area (Å²) in [4.78, 5) is 17.7. The van der Waals surface area contributed by atoms with Crippen LogP contribution in [0.5, 0.6) is 5.75 Å². The Balaban J connectivity index is 1.70. The minimum atomic E-state index is -0.470. The van der Waals surface area contributed by atoms with Gasteiger partial charge in [-0.15, -0.1) is 0 Å². The summed E-state index contributed by atoms with van der Waals surface area (Å²) in [6.45, 7) is 1.60. The highest BCUT2D eigenvalue weighted by atomic mass is 35.5. The summed E-state index contributed by atoms with van der Waals surface area (Å²) in [5.41, 5.74) is 3.28. The number of pyridine rings is 1. The van der Waals surface area contributed by atoms with E-state index >= 15 is 0 Å². The molecule has 0 N–H and O–H groups in total. The van der Waals surface area contributed by atoms with Crippen LogP contribution in [-0.4, -0.2) is 35.8 Å². The summed E-state index contributed by atoms with van der Waals surface area (Å²) in [7, 11) is 0. The van der Waals surface area contributed by atoms with E-state index in [0.717, 1.165) is 17.7 Å². The first kappa shape index (κ1) is 19.5. The number of ether oxygens (including phenoxy) is 2. The molecule has 5 rings (SSSR count). The predicted molar refractivity (Wildman–Crippen MR) is 115 cm³/mol. The van der Waals surface area contributed by atoms with Gasteiger partial charge in [-0.1, -0.05) is 17.7 Å². The second kappa shape index (κ2) is 7.69. The third-order valence-electron chi connectivity index (χ3n) is 5.63. The molecule has 0 amide bonds. The third-order valence-corrected chi connectivity index (χ3v) is 5.87. The number of nitrogens with zero attached hydrogens (tertiary/aromatic N) is 4. The molecule has 0 radical (unpaired) electrons. The standard InChI is InChI=1S/C22H17ClN4O4/c23-15-2-1-13-3-5-26(19(13)7-15)22-14(10-24)11-25-18-9-21(31-16-4-6-30-12-16)20(27(28)29)8-17(18)22/h1-2,7-9,11,16H,3-6,12H2. The highest BCUT2D eigenvalue weighted by Crippen LogP contribution is 2.43. The first-order chi connectivity index (χ1) is 15.0. The Morgan fingerprint density at radius 1 is 1.35 bits per heavy atom. The van der Waals surface area contributed by atoms with E-state index in [0.29, 0.717) is 53.4 Å². The molecule has 2 aliphatic heterocycles. The van der Waals surface area contributed by atoms with Crippen molar-refractivity contribution in [2.75, 3.05) is 24.7 Å². The summed E-state index contributed by atoms with van der Waals surface area (Å²) in [6, 6.07) is 10.9. The van der Waals surface area contributed by atoms with Gasteiger partial charge >= 0.3 is 5.69 Å². The monoisotopic (exact) mass is 436 g/mol. The van der Waals surface area contributed by atoms with Gasteiger partial charge in [0.15, 0.2) is 5.75 Å². The molecule has 1 fully saturated rings. The van der Waals surface area contributed by atoms with Crippen LogP contribution in [-0.2, 0) is 11.2 Å². The van der Waals surface area contributed by atoms with E-state index in [1.165, 1.54) is 12.3 Å². The fourth-order valence-corrected chi connectivity index (χ4v) is 4.34. The molecule has 156 valence electrons. The van der Waals surface area contributed by atoms with Crippen molar-refractivity contribution in [2.24, 2.45) is 0 Å². The smallest absolute Gasteiger partial charge is 0.311 e. The van der Waals surface area contributed by atoms with Crippen LogP contribution in [0.4, 0.5) is 17.1 Å². The number of nitro benzene ring substituents is 1. The molecular weight excluding hydrogens is 420 g/mol. The summed E-state index contributed by atoms with van der Waals surface area (Å²) >= 11 is 6.22. The molecule has 0 aliphatic carbocycles. The lowest BCUT2D eigenvalue weighted by Gasteiger charge is -2.23.